The van der Waals surface area contributed by atoms with Gasteiger partial charge in [-0.05, 0) is 25.8 Å². The molecule has 0 bridgehead atoms. The van der Waals surface area contributed by atoms with E-state index in [-0.39, 0.29) is 6.04 Å². The van der Waals surface area contributed by atoms with Crippen LogP contribution in [0.1, 0.15) is 12.8 Å². The van der Waals surface area contributed by atoms with Crippen molar-refractivity contribution in [2.45, 2.75) is 25.3 Å². The lowest BCUT2D eigenvalue weighted by molar-refractivity contribution is 0.00810. The van der Waals surface area contributed by atoms with Crippen molar-refractivity contribution in [2.24, 2.45) is 5.92 Å². The summed E-state index contributed by atoms with van der Waals surface area (Å²) in [4.78, 5) is 0. The van der Waals surface area contributed by atoms with Crippen molar-refractivity contribution in [1.29, 1.82) is 0 Å². The van der Waals surface area contributed by atoms with E-state index in [2.05, 4.69) is 5.32 Å². The van der Waals surface area contributed by atoms with Crippen LogP contribution in [0.5, 0.6) is 0 Å². The van der Waals surface area contributed by atoms with E-state index in [9.17, 15) is 8.78 Å². The molecule has 12 heavy (non-hydrogen) atoms. The first-order valence-electron chi connectivity index (χ1n) is 4.27. The van der Waals surface area contributed by atoms with Gasteiger partial charge in [-0.3, -0.25) is 0 Å². The zero-order chi connectivity index (χ0) is 8.97. The fraction of sp³-hybridized carbons (Fsp3) is 1.00. The van der Waals surface area contributed by atoms with Gasteiger partial charge in [0, 0.05) is 6.04 Å². The summed E-state index contributed by atoms with van der Waals surface area (Å²) < 4.78 is 28.2. The number of nitrogens with one attached hydrogen (secondary N) is 1. The van der Waals surface area contributed by atoms with E-state index in [1.165, 1.54) is 12.8 Å². The standard InChI is InChI=1S/C8H15F2NO/c1-11-7(6-2-3-6)4-12-5-8(9)10/h6-8,11H,2-5H2,1H3. The molecule has 1 aliphatic rings. The van der Waals surface area contributed by atoms with Crippen molar-refractivity contribution in [3.63, 3.8) is 0 Å². The summed E-state index contributed by atoms with van der Waals surface area (Å²) in [5.41, 5.74) is 0. The molecule has 2 nitrogen and oxygen atoms in total. The predicted octanol–water partition coefficient (Wildman–Crippen LogP) is 1.27. The third-order valence-electron chi connectivity index (χ3n) is 2.10. The Bertz CT molecular complexity index is 128. The van der Waals surface area contributed by atoms with Gasteiger partial charge in [0.1, 0.15) is 6.61 Å². The number of ether oxygens (including phenoxy) is 1. The van der Waals surface area contributed by atoms with Crippen molar-refractivity contribution >= 4 is 0 Å². The molecule has 1 rings (SSSR count). The van der Waals surface area contributed by atoms with E-state index >= 15 is 0 Å². The van der Waals surface area contributed by atoms with Gasteiger partial charge in [-0.25, -0.2) is 8.78 Å². The first-order valence-corrected chi connectivity index (χ1v) is 4.27. The Labute approximate surface area is 71.3 Å². The number of halogens is 2. The SMILES string of the molecule is CNC(COCC(F)F)C1CC1. The van der Waals surface area contributed by atoms with E-state index < -0.39 is 13.0 Å². The molecule has 0 spiro atoms. The molecule has 0 aromatic heterocycles. The third-order valence-corrected chi connectivity index (χ3v) is 2.10. The Morgan fingerprint density at radius 2 is 2.08 bits per heavy atom. The highest BCUT2D eigenvalue weighted by Gasteiger charge is 2.30. The molecule has 0 radical (unpaired) electrons. The summed E-state index contributed by atoms with van der Waals surface area (Å²) in [6, 6.07) is 0.267. The topological polar surface area (TPSA) is 21.3 Å². The predicted molar refractivity (Wildman–Crippen MR) is 42.4 cm³/mol. The van der Waals surface area contributed by atoms with Crippen LogP contribution in [0.3, 0.4) is 0 Å². The smallest absolute Gasteiger partial charge is 0.261 e. The van der Waals surface area contributed by atoms with E-state index in [1.54, 1.807) is 0 Å². The minimum Gasteiger partial charge on any atom is -0.374 e. The van der Waals surface area contributed by atoms with Crippen LogP contribution in [0.2, 0.25) is 0 Å². The fourth-order valence-electron chi connectivity index (χ4n) is 1.24. The van der Waals surface area contributed by atoms with Crippen molar-refractivity contribution in [1.82, 2.24) is 5.32 Å². The average Bonchev–Trinajstić information content (AvgIpc) is 2.80. The molecule has 0 heterocycles. The molecule has 0 amide bonds. The molecule has 4 heteroatoms. The van der Waals surface area contributed by atoms with Crippen LogP contribution in [0, 0.1) is 5.92 Å². The number of hydrogen-bond donors (Lipinski definition) is 1. The number of rotatable bonds is 6. The first-order chi connectivity index (χ1) is 5.74. The lowest BCUT2D eigenvalue weighted by atomic mass is 10.2. The van der Waals surface area contributed by atoms with Gasteiger partial charge in [0.05, 0.1) is 6.61 Å². The van der Waals surface area contributed by atoms with E-state index in [0.29, 0.717) is 12.5 Å². The zero-order valence-electron chi connectivity index (χ0n) is 7.22. The maximum atomic E-state index is 11.7. The number of alkyl halides is 2. The first kappa shape index (κ1) is 9.86. The molecule has 0 aromatic rings. The Kier molecular flexibility index (Phi) is 3.88. The summed E-state index contributed by atoms with van der Waals surface area (Å²) in [6.07, 6.45) is 0.0503. The highest BCUT2D eigenvalue weighted by atomic mass is 19.3. The van der Waals surface area contributed by atoms with Crippen LogP contribution in [0.15, 0.2) is 0 Å². The largest absolute Gasteiger partial charge is 0.374 e. The molecular formula is C8H15F2NO. The van der Waals surface area contributed by atoms with Crippen LogP contribution in [0.4, 0.5) is 8.78 Å². The summed E-state index contributed by atoms with van der Waals surface area (Å²) in [5.74, 6) is 0.646. The summed E-state index contributed by atoms with van der Waals surface area (Å²) in [5, 5.41) is 3.07. The van der Waals surface area contributed by atoms with Gasteiger partial charge in [0.15, 0.2) is 0 Å². The molecule has 1 fully saturated rings. The minimum absolute atomic E-state index is 0.267. The molecule has 72 valence electrons. The molecule has 1 N–H and O–H groups in total. The number of likely N-dealkylation sites (N-methyl/N-ethyl adjacent to an activating group) is 1. The van der Waals surface area contributed by atoms with Crippen LogP contribution in [0.25, 0.3) is 0 Å². The minimum atomic E-state index is -2.35. The van der Waals surface area contributed by atoms with Crippen molar-refractivity contribution in [2.75, 3.05) is 20.3 Å². The van der Waals surface area contributed by atoms with Gasteiger partial charge >= 0.3 is 0 Å². The van der Waals surface area contributed by atoms with Gasteiger partial charge < -0.3 is 10.1 Å². The highest BCUT2D eigenvalue weighted by Crippen LogP contribution is 2.32. The normalized spacial score (nSPS) is 20.0. The second-order valence-electron chi connectivity index (χ2n) is 3.16. The molecule has 1 unspecified atom stereocenters. The monoisotopic (exact) mass is 179 g/mol. The Balaban J connectivity index is 2.02. The fourth-order valence-corrected chi connectivity index (χ4v) is 1.24. The molecule has 0 aromatic carbocycles. The second-order valence-corrected chi connectivity index (χ2v) is 3.16. The molecule has 1 saturated carbocycles. The Hall–Kier alpha value is -0.220. The average molecular weight is 179 g/mol. The molecule has 0 aliphatic heterocycles. The van der Waals surface area contributed by atoms with E-state index in [4.69, 9.17) is 4.74 Å². The maximum Gasteiger partial charge on any atom is 0.261 e. The lowest BCUT2D eigenvalue weighted by Crippen LogP contribution is -2.33. The second kappa shape index (κ2) is 4.72. The molecule has 1 atom stereocenters. The van der Waals surface area contributed by atoms with E-state index in [0.717, 1.165) is 0 Å². The maximum absolute atomic E-state index is 11.7. The van der Waals surface area contributed by atoms with Crippen LogP contribution < -0.4 is 5.32 Å². The van der Waals surface area contributed by atoms with Crippen LogP contribution >= 0.6 is 0 Å². The Morgan fingerprint density at radius 3 is 2.50 bits per heavy atom. The van der Waals surface area contributed by atoms with Crippen molar-refractivity contribution in [3.05, 3.63) is 0 Å². The summed E-state index contributed by atoms with van der Waals surface area (Å²) in [6.45, 7) is -0.0313. The summed E-state index contributed by atoms with van der Waals surface area (Å²) >= 11 is 0. The molecule has 0 saturated heterocycles. The molecular weight excluding hydrogens is 164 g/mol. The quantitative estimate of drug-likeness (QED) is 0.663. The van der Waals surface area contributed by atoms with Gasteiger partial charge in [-0.15, -0.1) is 0 Å². The number of hydrogen-bond acceptors (Lipinski definition) is 2. The van der Waals surface area contributed by atoms with Gasteiger partial charge in [0.25, 0.3) is 6.43 Å². The van der Waals surface area contributed by atoms with Crippen LogP contribution in [-0.4, -0.2) is 32.7 Å². The van der Waals surface area contributed by atoms with Gasteiger partial charge in [-0.1, -0.05) is 0 Å². The Morgan fingerprint density at radius 1 is 1.42 bits per heavy atom. The lowest BCUT2D eigenvalue weighted by Gasteiger charge is -2.14. The van der Waals surface area contributed by atoms with Crippen LogP contribution in [-0.2, 0) is 4.74 Å². The zero-order valence-corrected chi connectivity index (χ0v) is 7.22. The van der Waals surface area contributed by atoms with Crippen molar-refractivity contribution in [3.8, 4) is 0 Å². The third kappa shape index (κ3) is 3.45. The van der Waals surface area contributed by atoms with E-state index in [1.807, 2.05) is 7.05 Å². The van der Waals surface area contributed by atoms with Gasteiger partial charge in [0.2, 0.25) is 0 Å². The summed E-state index contributed by atoms with van der Waals surface area (Å²) in [7, 11) is 1.84. The van der Waals surface area contributed by atoms with Gasteiger partial charge in [-0.2, -0.15) is 0 Å². The molecule has 1 aliphatic carbocycles. The van der Waals surface area contributed by atoms with Crippen molar-refractivity contribution < 1.29 is 13.5 Å². The highest BCUT2D eigenvalue weighted by molar-refractivity contribution is 4.85.